The van der Waals surface area contributed by atoms with Crippen molar-refractivity contribution in [1.29, 1.82) is 0 Å². The lowest BCUT2D eigenvalue weighted by molar-refractivity contribution is 0.419. The highest BCUT2D eigenvalue weighted by Crippen LogP contribution is 2.36. The summed E-state index contributed by atoms with van der Waals surface area (Å²) in [6.07, 6.45) is 0. The number of methoxy groups -OCH3 is 1. The Hall–Kier alpha value is -3.09. The lowest BCUT2D eigenvalue weighted by Crippen LogP contribution is -2.02. The topological polar surface area (TPSA) is 88.9 Å². The first-order chi connectivity index (χ1) is 12.0. The summed E-state index contributed by atoms with van der Waals surface area (Å²) in [7, 11) is 1.62. The van der Waals surface area contributed by atoms with Crippen LogP contribution in [0.4, 0.5) is 0 Å². The predicted octanol–water partition coefficient (Wildman–Crippen LogP) is 3.33. The fourth-order valence-corrected chi connectivity index (χ4v) is 3.23. The van der Waals surface area contributed by atoms with Gasteiger partial charge in [0.15, 0.2) is 5.82 Å². The molecule has 0 unspecified atom stereocenters. The molecule has 0 saturated carbocycles. The first-order valence-electron chi connectivity index (χ1n) is 8.13. The number of ether oxygens (including phenoxy) is 1. The molecule has 0 aliphatic rings. The van der Waals surface area contributed by atoms with Gasteiger partial charge in [0.05, 0.1) is 23.7 Å². The van der Waals surface area contributed by atoms with Gasteiger partial charge in [-0.15, -0.1) is 0 Å². The zero-order valence-electron chi connectivity index (χ0n) is 14.6. The van der Waals surface area contributed by atoms with E-state index in [0.717, 1.165) is 27.9 Å². The van der Waals surface area contributed by atoms with E-state index < -0.39 is 0 Å². The van der Waals surface area contributed by atoms with Crippen molar-refractivity contribution in [1.82, 2.24) is 24.7 Å². The number of hydrogen-bond donors (Lipinski definition) is 2. The number of aromatic nitrogens is 5. The summed E-state index contributed by atoms with van der Waals surface area (Å²) in [5.41, 5.74) is 4.06. The quantitative estimate of drug-likeness (QED) is 0.598. The van der Waals surface area contributed by atoms with Crippen LogP contribution in [0, 0.1) is 13.8 Å². The smallest absolute Gasteiger partial charge is 0.224 e. The molecule has 2 N–H and O–H groups in total. The SMILES string of the molecule is CCn1nc(C)cc1-c1nc(O)c2c(n1)[nH]c1c(OC)cc(C)cc12. The Morgan fingerprint density at radius 3 is 2.72 bits per heavy atom. The molecule has 3 heterocycles. The molecular weight excluding hydrogens is 318 g/mol. The largest absolute Gasteiger partial charge is 0.495 e. The minimum absolute atomic E-state index is 0.0552. The molecule has 1 aromatic carbocycles. The van der Waals surface area contributed by atoms with Crippen molar-refractivity contribution in [2.45, 2.75) is 27.3 Å². The Bertz CT molecular complexity index is 1110. The van der Waals surface area contributed by atoms with Gasteiger partial charge < -0.3 is 14.8 Å². The lowest BCUT2D eigenvalue weighted by atomic mass is 10.1. The third kappa shape index (κ3) is 2.31. The second kappa shape index (κ2) is 5.47. The van der Waals surface area contributed by atoms with Gasteiger partial charge in [0.1, 0.15) is 17.1 Å². The molecule has 0 bridgehead atoms. The van der Waals surface area contributed by atoms with Crippen molar-refractivity contribution >= 4 is 21.9 Å². The number of aryl methyl sites for hydroxylation is 3. The number of H-pyrrole nitrogens is 1. The van der Waals surface area contributed by atoms with Crippen LogP contribution in [-0.4, -0.2) is 36.9 Å². The van der Waals surface area contributed by atoms with Gasteiger partial charge in [-0.2, -0.15) is 10.1 Å². The fourth-order valence-electron chi connectivity index (χ4n) is 3.23. The Morgan fingerprint density at radius 1 is 1.20 bits per heavy atom. The number of benzene rings is 1. The van der Waals surface area contributed by atoms with Crippen molar-refractivity contribution in [3.63, 3.8) is 0 Å². The second-order valence-electron chi connectivity index (χ2n) is 6.10. The Morgan fingerprint density at radius 2 is 2.00 bits per heavy atom. The molecule has 0 aliphatic carbocycles. The minimum Gasteiger partial charge on any atom is -0.495 e. The van der Waals surface area contributed by atoms with Crippen LogP contribution in [0.3, 0.4) is 0 Å². The van der Waals surface area contributed by atoms with Gasteiger partial charge in [-0.1, -0.05) is 0 Å². The van der Waals surface area contributed by atoms with E-state index in [4.69, 9.17) is 4.74 Å². The molecule has 7 nitrogen and oxygen atoms in total. The van der Waals surface area contributed by atoms with E-state index in [1.54, 1.807) is 7.11 Å². The number of aromatic amines is 1. The van der Waals surface area contributed by atoms with Gasteiger partial charge in [-0.05, 0) is 44.5 Å². The van der Waals surface area contributed by atoms with Crippen molar-refractivity contribution in [2.24, 2.45) is 0 Å². The molecule has 0 fully saturated rings. The van der Waals surface area contributed by atoms with E-state index in [1.165, 1.54) is 0 Å². The Kier molecular flexibility index (Phi) is 3.38. The molecule has 0 atom stereocenters. The van der Waals surface area contributed by atoms with Gasteiger partial charge >= 0.3 is 0 Å². The standard InChI is InChI=1S/C18H19N5O2/c1-5-23-12(8-10(3)22-23)16-20-17-14(18(24)21-16)11-6-9(2)7-13(25-4)15(11)19-17/h6-8H,5H2,1-4H3,(H2,19,20,21,24). The Labute approximate surface area is 144 Å². The summed E-state index contributed by atoms with van der Waals surface area (Å²) in [6, 6.07) is 5.84. The van der Waals surface area contributed by atoms with Crippen molar-refractivity contribution < 1.29 is 9.84 Å². The minimum atomic E-state index is -0.0552. The van der Waals surface area contributed by atoms with Crippen molar-refractivity contribution in [2.75, 3.05) is 7.11 Å². The average molecular weight is 337 g/mol. The Balaban J connectivity index is 2.04. The number of nitrogens with one attached hydrogen (secondary N) is 1. The third-order valence-corrected chi connectivity index (χ3v) is 4.30. The number of rotatable bonds is 3. The van der Waals surface area contributed by atoms with Crippen LogP contribution in [0.1, 0.15) is 18.2 Å². The predicted molar refractivity (Wildman–Crippen MR) is 96.0 cm³/mol. The molecule has 25 heavy (non-hydrogen) atoms. The highest BCUT2D eigenvalue weighted by atomic mass is 16.5. The zero-order valence-corrected chi connectivity index (χ0v) is 14.6. The van der Waals surface area contributed by atoms with Gasteiger partial charge in [-0.3, -0.25) is 4.68 Å². The number of aromatic hydroxyl groups is 1. The summed E-state index contributed by atoms with van der Waals surface area (Å²) in [6.45, 7) is 6.61. The second-order valence-corrected chi connectivity index (χ2v) is 6.10. The van der Waals surface area contributed by atoms with Gasteiger partial charge in [0.2, 0.25) is 5.88 Å². The summed E-state index contributed by atoms with van der Waals surface area (Å²) in [5, 5.41) is 16.4. The molecule has 0 amide bonds. The molecule has 4 aromatic rings. The van der Waals surface area contributed by atoms with Crippen LogP contribution >= 0.6 is 0 Å². The molecule has 0 aliphatic heterocycles. The molecule has 128 valence electrons. The fraction of sp³-hybridized carbons (Fsp3) is 0.278. The zero-order chi connectivity index (χ0) is 17.7. The van der Waals surface area contributed by atoms with Gasteiger partial charge in [0, 0.05) is 11.9 Å². The molecular formula is C18H19N5O2. The van der Waals surface area contributed by atoms with E-state index in [9.17, 15) is 5.11 Å². The van der Waals surface area contributed by atoms with E-state index in [2.05, 4.69) is 20.1 Å². The van der Waals surface area contributed by atoms with Crippen molar-refractivity contribution in [3.8, 4) is 23.1 Å². The summed E-state index contributed by atoms with van der Waals surface area (Å²) >= 11 is 0. The number of nitrogens with zero attached hydrogens (tertiary/aromatic N) is 4. The first kappa shape index (κ1) is 15.4. The van der Waals surface area contributed by atoms with E-state index in [0.29, 0.717) is 29.2 Å². The molecule has 0 radical (unpaired) electrons. The lowest BCUT2D eigenvalue weighted by Gasteiger charge is -2.04. The van der Waals surface area contributed by atoms with Crippen LogP contribution < -0.4 is 4.74 Å². The third-order valence-electron chi connectivity index (χ3n) is 4.30. The van der Waals surface area contributed by atoms with Crippen LogP contribution in [0.25, 0.3) is 33.5 Å². The summed E-state index contributed by atoms with van der Waals surface area (Å²) in [4.78, 5) is 12.2. The maximum Gasteiger partial charge on any atom is 0.224 e. The van der Waals surface area contributed by atoms with E-state index in [-0.39, 0.29) is 5.88 Å². The van der Waals surface area contributed by atoms with Crippen LogP contribution in [0.15, 0.2) is 18.2 Å². The maximum absolute atomic E-state index is 10.6. The molecule has 3 aromatic heterocycles. The number of hydrogen-bond acceptors (Lipinski definition) is 5. The van der Waals surface area contributed by atoms with E-state index >= 15 is 0 Å². The first-order valence-corrected chi connectivity index (χ1v) is 8.13. The number of fused-ring (bicyclic) bond motifs is 3. The van der Waals surface area contributed by atoms with Crippen LogP contribution in [-0.2, 0) is 6.54 Å². The maximum atomic E-state index is 10.6. The average Bonchev–Trinajstić information content (AvgIpc) is 3.14. The summed E-state index contributed by atoms with van der Waals surface area (Å²) < 4.78 is 7.28. The van der Waals surface area contributed by atoms with Gasteiger partial charge in [-0.25, -0.2) is 4.98 Å². The van der Waals surface area contributed by atoms with Crippen LogP contribution in [0.2, 0.25) is 0 Å². The summed E-state index contributed by atoms with van der Waals surface area (Å²) in [5.74, 6) is 1.10. The van der Waals surface area contributed by atoms with E-state index in [1.807, 2.05) is 43.7 Å². The highest BCUT2D eigenvalue weighted by Gasteiger charge is 2.18. The van der Waals surface area contributed by atoms with Crippen molar-refractivity contribution in [3.05, 3.63) is 29.5 Å². The molecule has 7 heteroatoms. The molecule has 4 rings (SSSR count). The van der Waals surface area contributed by atoms with Gasteiger partial charge in [0.25, 0.3) is 0 Å². The highest BCUT2D eigenvalue weighted by molar-refractivity contribution is 6.10. The molecule has 0 spiro atoms. The molecule has 0 saturated heterocycles. The normalized spacial score (nSPS) is 11.5. The monoisotopic (exact) mass is 337 g/mol. The van der Waals surface area contributed by atoms with Crippen LogP contribution in [0.5, 0.6) is 11.6 Å².